The van der Waals surface area contributed by atoms with E-state index >= 15 is 0 Å². The lowest BCUT2D eigenvalue weighted by atomic mass is 9.89. The van der Waals surface area contributed by atoms with Gasteiger partial charge in [0.2, 0.25) is 17.7 Å². The van der Waals surface area contributed by atoms with E-state index < -0.39 is 34.9 Å². The fourth-order valence-electron chi connectivity index (χ4n) is 8.53. The third-order valence-electron chi connectivity index (χ3n) is 11.5. The topological polar surface area (TPSA) is 169 Å². The predicted octanol–water partition coefficient (Wildman–Crippen LogP) is 5.13. The first-order chi connectivity index (χ1) is 27.5. The van der Waals surface area contributed by atoms with Crippen LogP contribution in [0.15, 0.2) is 36.5 Å². The molecule has 0 spiro atoms. The van der Waals surface area contributed by atoms with Gasteiger partial charge in [-0.3, -0.25) is 34.3 Å². The number of benzene rings is 1. The van der Waals surface area contributed by atoms with Gasteiger partial charge in [0.1, 0.15) is 17.6 Å². The second-order valence-electron chi connectivity index (χ2n) is 16.0. The van der Waals surface area contributed by atoms with Crippen LogP contribution in [0, 0.1) is 11.3 Å². The highest BCUT2D eigenvalue weighted by Crippen LogP contribution is 2.40. The van der Waals surface area contributed by atoms with E-state index in [1.54, 1.807) is 38.1 Å². The second kappa shape index (κ2) is 17.7. The Bertz CT molecular complexity index is 1940. The van der Waals surface area contributed by atoms with Gasteiger partial charge in [-0.25, -0.2) is 4.98 Å². The van der Waals surface area contributed by atoms with Crippen LogP contribution in [-0.2, 0) is 34.8 Å². The van der Waals surface area contributed by atoms with Crippen molar-refractivity contribution >= 4 is 58.0 Å². The van der Waals surface area contributed by atoms with E-state index in [4.69, 9.17) is 27.0 Å². The van der Waals surface area contributed by atoms with Gasteiger partial charge in [0.25, 0.3) is 5.91 Å². The minimum atomic E-state index is -4.83. The molecule has 4 aliphatic rings. The lowest BCUT2D eigenvalue weighted by Crippen LogP contribution is -2.51. The molecule has 1 aromatic carbocycles. The standard InChI is InChI=1S/C40H49F3N8O6S/c1-23-16-30(17-24(2)49(23)22-35(53)47-26-7-5-6-25(18-26)46-32-12-13-34(52)48-36(32)54)57-15-14-56-29-10-8-27(9-11-29)51-38(58)50(37(55)39(51,3)4)28-19-31(40(41,42)43)33(20-44)45-21-28/h5-7,18-19,21,23-24,27,29-30,32,46H,8-17,22H2,1-4H3,(H,47,53)(H,48,52,54)/t23-,24+,27?,29?,30?,32?. The average molecular weight is 827 g/mol. The van der Waals surface area contributed by atoms with Crippen molar-refractivity contribution in [2.75, 3.05) is 35.3 Å². The van der Waals surface area contributed by atoms with Crippen LogP contribution in [0.25, 0.3) is 0 Å². The molecule has 4 atom stereocenters. The highest BCUT2D eigenvalue weighted by Gasteiger charge is 2.53. The van der Waals surface area contributed by atoms with Gasteiger partial charge in [-0.05, 0) is 109 Å². The van der Waals surface area contributed by atoms with E-state index in [0.29, 0.717) is 56.7 Å². The summed E-state index contributed by atoms with van der Waals surface area (Å²) in [6.45, 7) is 8.61. The quantitative estimate of drug-likeness (QED) is 0.147. The number of aromatic nitrogens is 1. The molecule has 2 aromatic rings. The Morgan fingerprint density at radius 2 is 1.67 bits per heavy atom. The minimum absolute atomic E-state index is 0.0103. The Labute approximate surface area is 340 Å². The van der Waals surface area contributed by atoms with Crippen LogP contribution in [0.3, 0.4) is 0 Å². The van der Waals surface area contributed by atoms with Gasteiger partial charge in [-0.2, -0.15) is 18.4 Å². The molecule has 0 bridgehead atoms. The molecule has 4 heterocycles. The molecule has 3 aliphatic heterocycles. The smallest absolute Gasteiger partial charge is 0.376 e. The summed E-state index contributed by atoms with van der Waals surface area (Å²) in [7, 11) is 0. The Morgan fingerprint density at radius 3 is 2.31 bits per heavy atom. The number of piperidine rings is 2. The summed E-state index contributed by atoms with van der Waals surface area (Å²) in [4.78, 5) is 59.0. The first-order valence-corrected chi connectivity index (χ1v) is 20.0. The number of carbonyl (C=O) groups excluding carboxylic acids is 4. The molecule has 6 rings (SSSR count). The second-order valence-corrected chi connectivity index (χ2v) is 16.3. The monoisotopic (exact) mass is 826 g/mol. The molecule has 18 heteroatoms. The van der Waals surface area contributed by atoms with Gasteiger partial charge < -0.3 is 25.0 Å². The Morgan fingerprint density at radius 1 is 1.02 bits per heavy atom. The van der Waals surface area contributed by atoms with Crippen LogP contribution in [-0.4, -0.2) is 105 Å². The van der Waals surface area contributed by atoms with Gasteiger partial charge in [-0.1, -0.05) is 6.07 Å². The number of pyridine rings is 1. The molecule has 3 saturated heterocycles. The van der Waals surface area contributed by atoms with Crippen molar-refractivity contribution in [3.63, 3.8) is 0 Å². The summed E-state index contributed by atoms with van der Waals surface area (Å²) in [6.07, 6.45) is 1.16. The highest BCUT2D eigenvalue weighted by atomic mass is 32.1. The number of anilines is 3. The number of nitriles is 1. The third kappa shape index (κ3) is 9.60. The number of imide groups is 1. The zero-order valence-corrected chi connectivity index (χ0v) is 33.8. The van der Waals surface area contributed by atoms with Crippen LogP contribution >= 0.6 is 12.2 Å². The predicted molar refractivity (Wildman–Crippen MR) is 211 cm³/mol. The molecule has 312 valence electrons. The van der Waals surface area contributed by atoms with Crippen molar-refractivity contribution in [2.45, 2.75) is 127 Å². The van der Waals surface area contributed by atoms with Gasteiger partial charge in [0.05, 0.1) is 49.4 Å². The number of alkyl halides is 3. The number of nitrogens with one attached hydrogen (secondary N) is 3. The van der Waals surface area contributed by atoms with Crippen molar-refractivity contribution < 1.29 is 41.8 Å². The fraction of sp³-hybridized carbons (Fsp3) is 0.575. The normalized spacial score (nSPS) is 26.7. The van der Waals surface area contributed by atoms with Crippen LogP contribution in [0.4, 0.5) is 30.2 Å². The van der Waals surface area contributed by atoms with E-state index in [9.17, 15) is 32.3 Å². The van der Waals surface area contributed by atoms with E-state index in [2.05, 4.69) is 39.7 Å². The molecule has 1 aliphatic carbocycles. The number of hydrogen-bond acceptors (Lipinski definition) is 11. The van der Waals surface area contributed by atoms with Crippen LogP contribution in [0.1, 0.15) is 90.3 Å². The van der Waals surface area contributed by atoms with E-state index in [0.717, 1.165) is 30.0 Å². The number of thiocarbonyl (C=S) groups is 1. The molecule has 2 unspecified atom stereocenters. The molecule has 58 heavy (non-hydrogen) atoms. The summed E-state index contributed by atoms with van der Waals surface area (Å²) in [5.41, 5.74) is -1.96. The van der Waals surface area contributed by atoms with Gasteiger partial charge >= 0.3 is 6.18 Å². The summed E-state index contributed by atoms with van der Waals surface area (Å²) >= 11 is 5.70. The maximum Gasteiger partial charge on any atom is 0.419 e. The fourth-order valence-corrected chi connectivity index (χ4v) is 9.09. The largest absolute Gasteiger partial charge is 0.419 e. The summed E-state index contributed by atoms with van der Waals surface area (Å²) < 4.78 is 53.5. The number of likely N-dealkylation sites (tertiary alicyclic amines) is 1. The minimum Gasteiger partial charge on any atom is -0.376 e. The SMILES string of the molecule is C[C@@H]1CC(OCCOC2CCC(N3C(=S)N(c4cnc(C#N)c(C(F)(F)F)c4)C(=O)C3(C)C)CC2)C[C@H](C)N1CC(=O)Nc1cccc(NC2CCC(=O)NC2=O)c1. The van der Waals surface area contributed by atoms with Crippen LogP contribution in [0.2, 0.25) is 0 Å². The lowest BCUT2D eigenvalue weighted by Gasteiger charge is -2.42. The van der Waals surface area contributed by atoms with Gasteiger partial charge in [-0.15, -0.1) is 0 Å². The number of nitrogens with zero attached hydrogens (tertiary/aromatic N) is 5. The molecule has 4 fully saturated rings. The lowest BCUT2D eigenvalue weighted by molar-refractivity contribution is -0.138. The average Bonchev–Trinajstić information content (AvgIpc) is 3.34. The van der Waals surface area contributed by atoms with E-state index in [1.165, 1.54) is 6.07 Å². The number of rotatable bonds is 12. The first-order valence-electron chi connectivity index (χ1n) is 19.6. The van der Waals surface area contributed by atoms with Crippen molar-refractivity contribution in [3.05, 3.63) is 47.8 Å². The van der Waals surface area contributed by atoms with Crippen LogP contribution < -0.4 is 20.9 Å². The molecule has 4 amide bonds. The molecule has 1 aromatic heterocycles. The molecule has 3 N–H and O–H groups in total. The summed E-state index contributed by atoms with van der Waals surface area (Å²) in [5, 5.41) is 17.7. The van der Waals surface area contributed by atoms with Crippen molar-refractivity contribution in [1.29, 1.82) is 5.26 Å². The maximum absolute atomic E-state index is 13.7. The van der Waals surface area contributed by atoms with Gasteiger partial charge in [0.15, 0.2) is 10.8 Å². The van der Waals surface area contributed by atoms with E-state index in [-0.39, 0.29) is 71.8 Å². The number of amides is 4. The zero-order chi connectivity index (χ0) is 41.9. The Hall–Kier alpha value is -4.70. The van der Waals surface area contributed by atoms with E-state index in [1.807, 2.05) is 4.90 Å². The highest BCUT2D eigenvalue weighted by molar-refractivity contribution is 7.80. The zero-order valence-electron chi connectivity index (χ0n) is 32.9. The van der Waals surface area contributed by atoms with Crippen molar-refractivity contribution in [3.8, 4) is 6.07 Å². The van der Waals surface area contributed by atoms with Crippen molar-refractivity contribution in [2.24, 2.45) is 0 Å². The molecular formula is C40H49F3N8O6S. The number of carbonyl (C=O) groups is 4. The van der Waals surface area contributed by atoms with Crippen LogP contribution in [0.5, 0.6) is 0 Å². The molecule has 0 radical (unpaired) electrons. The summed E-state index contributed by atoms with van der Waals surface area (Å²) in [5.74, 6) is -1.26. The number of hydrogen-bond donors (Lipinski definition) is 3. The number of ether oxygens (including phenoxy) is 2. The summed E-state index contributed by atoms with van der Waals surface area (Å²) in [6, 6.07) is 8.90. The molecular weight excluding hydrogens is 778 g/mol. The number of halogens is 3. The van der Waals surface area contributed by atoms with Crippen molar-refractivity contribution in [1.82, 2.24) is 20.1 Å². The maximum atomic E-state index is 13.7. The first kappa shape index (κ1) is 42.9. The molecule has 1 saturated carbocycles. The molecule has 14 nitrogen and oxygen atoms in total. The Kier molecular flexibility index (Phi) is 13.1. The Balaban J connectivity index is 0.919. The third-order valence-corrected chi connectivity index (χ3v) is 11.8. The van der Waals surface area contributed by atoms with Gasteiger partial charge in [0, 0.05) is 35.9 Å².